The molecule has 1 aliphatic heterocycles. The van der Waals surface area contributed by atoms with E-state index >= 15 is 0 Å². The van der Waals surface area contributed by atoms with Crippen molar-refractivity contribution in [3.05, 3.63) is 46.4 Å². The van der Waals surface area contributed by atoms with Crippen LogP contribution < -0.4 is 19.5 Å². The van der Waals surface area contributed by atoms with Gasteiger partial charge in [-0.15, -0.1) is 0 Å². The predicted octanol–water partition coefficient (Wildman–Crippen LogP) is 3.48. The number of aryl methyl sites for hydroxylation is 1. The number of ether oxygens (including phenoxy) is 3. The lowest BCUT2D eigenvalue weighted by Crippen LogP contribution is -2.33. The van der Waals surface area contributed by atoms with E-state index in [-0.39, 0.29) is 12.5 Å². The number of amides is 1. The van der Waals surface area contributed by atoms with Gasteiger partial charge in [-0.3, -0.25) is 9.69 Å². The Labute approximate surface area is 167 Å². The lowest BCUT2D eigenvalue weighted by molar-refractivity contribution is -0.117. The number of carbonyl (C=O) groups excluding carboxylic acids is 1. The standard InChI is InChI=1S/C20H23BrN2O4/c1-14-5-3-4-6-17(14)25-8-7-23(2)13-20(24)22-16-12-19-18(11-15(16)21)26-9-10-27-19/h3-6,11-12H,7-10,13H2,1-2H3,(H,22,24). The zero-order valence-corrected chi connectivity index (χ0v) is 17.0. The second-order valence-electron chi connectivity index (χ2n) is 6.38. The maximum Gasteiger partial charge on any atom is 0.238 e. The Morgan fingerprint density at radius 2 is 1.93 bits per heavy atom. The number of nitrogens with one attached hydrogen (secondary N) is 1. The molecule has 0 unspecified atom stereocenters. The van der Waals surface area contributed by atoms with E-state index in [0.29, 0.717) is 43.6 Å². The van der Waals surface area contributed by atoms with Crippen LogP contribution in [0.15, 0.2) is 40.9 Å². The van der Waals surface area contributed by atoms with E-state index in [1.807, 2.05) is 49.2 Å². The highest BCUT2D eigenvalue weighted by Gasteiger charge is 2.16. The maximum atomic E-state index is 12.3. The predicted molar refractivity (Wildman–Crippen MR) is 108 cm³/mol. The molecular formula is C20H23BrN2O4. The Morgan fingerprint density at radius 3 is 2.67 bits per heavy atom. The maximum absolute atomic E-state index is 12.3. The first-order valence-electron chi connectivity index (χ1n) is 8.79. The van der Waals surface area contributed by atoms with E-state index in [1.54, 1.807) is 6.07 Å². The number of anilines is 1. The van der Waals surface area contributed by atoms with Crippen LogP contribution >= 0.6 is 15.9 Å². The van der Waals surface area contributed by atoms with Crippen LogP contribution in [-0.4, -0.2) is 50.8 Å². The van der Waals surface area contributed by atoms with Gasteiger partial charge in [0.05, 0.1) is 12.2 Å². The Bertz CT molecular complexity index is 813. The molecule has 0 spiro atoms. The number of likely N-dealkylation sites (N-methyl/N-ethyl adjacent to an activating group) is 1. The van der Waals surface area contributed by atoms with Crippen molar-refractivity contribution in [1.82, 2.24) is 4.90 Å². The number of fused-ring (bicyclic) bond motifs is 1. The number of benzene rings is 2. The minimum atomic E-state index is -0.106. The zero-order chi connectivity index (χ0) is 19.2. The van der Waals surface area contributed by atoms with Gasteiger partial charge in [0.1, 0.15) is 25.6 Å². The topological polar surface area (TPSA) is 60.0 Å². The van der Waals surface area contributed by atoms with Gasteiger partial charge in [0, 0.05) is 23.2 Å². The molecule has 0 atom stereocenters. The molecule has 0 radical (unpaired) electrons. The van der Waals surface area contributed by atoms with E-state index in [0.717, 1.165) is 15.8 Å². The molecule has 0 saturated carbocycles. The van der Waals surface area contributed by atoms with E-state index in [1.165, 1.54) is 0 Å². The highest BCUT2D eigenvalue weighted by Crippen LogP contribution is 2.38. The third kappa shape index (κ3) is 5.37. The SMILES string of the molecule is Cc1ccccc1OCCN(C)CC(=O)Nc1cc2c(cc1Br)OCCO2. The molecule has 0 saturated heterocycles. The van der Waals surface area contributed by atoms with Crippen LogP contribution in [0, 0.1) is 6.92 Å². The molecule has 0 aliphatic carbocycles. The number of hydrogen-bond acceptors (Lipinski definition) is 5. The third-order valence-electron chi connectivity index (χ3n) is 4.14. The summed E-state index contributed by atoms with van der Waals surface area (Å²) in [6, 6.07) is 11.5. The van der Waals surface area contributed by atoms with Crippen LogP contribution in [0.2, 0.25) is 0 Å². The summed E-state index contributed by atoms with van der Waals surface area (Å²) >= 11 is 3.46. The van der Waals surface area contributed by atoms with E-state index in [2.05, 4.69) is 21.2 Å². The molecule has 0 aromatic heterocycles. The van der Waals surface area contributed by atoms with Crippen molar-refractivity contribution in [1.29, 1.82) is 0 Å². The van der Waals surface area contributed by atoms with Gasteiger partial charge in [0.15, 0.2) is 11.5 Å². The first-order valence-corrected chi connectivity index (χ1v) is 9.58. The van der Waals surface area contributed by atoms with Crippen LogP contribution in [0.1, 0.15) is 5.56 Å². The summed E-state index contributed by atoms with van der Waals surface area (Å²) in [5.41, 5.74) is 1.76. The zero-order valence-electron chi connectivity index (χ0n) is 15.5. The summed E-state index contributed by atoms with van der Waals surface area (Å²) in [7, 11) is 1.89. The number of hydrogen-bond donors (Lipinski definition) is 1. The molecule has 1 heterocycles. The molecule has 1 amide bonds. The quantitative estimate of drug-likeness (QED) is 0.722. The van der Waals surface area contributed by atoms with Gasteiger partial charge in [-0.2, -0.15) is 0 Å². The van der Waals surface area contributed by atoms with Crippen molar-refractivity contribution < 1.29 is 19.0 Å². The first-order chi connectivity index (χ1) is 13.0. The van der Waals surface area contributed by atoms with Crippen molar-refractivity contribution in [2.75, 3.05) is 45.3 Å². The molecule has 6 nitrogen and oxygen atoms in total. The number of nitrogens with zero attached hydrogens (tertiary/aromatic N) is 1. The monoisotopic (exact) mass is 434 g/mol. The largest absolute Gasteiger partial charge is 0.492 e. The number of carbonyl (C=O) groups is 1. The van der Waals surface area contributed by atoms with Crippen molar-refractivity contribution in [2.24, 2.45) is 0 Å². The molecule has 2 aromatic rings. The lowest BCUT2D eigenvalue weighted by Gasteiger charge is -2.21. The van der Waals surface area contributed by atoms with Gasteiger partial charge in [-0.1, -0.05) is 18.2 Å². The molecule has 2 aromatic carbocycles. The Hall–Kier alpha value is -2.25. The molecular weight excluding hydrogens is 412 g/mol. The van der Waals surface area contributed by atoms with Crippen molar-refractivity contribution in [3.8, 4) is 17.2 Å². The summed E-state index contributed by atoms with van der Waals surface area (Å²) in [5.74, 6) is 2.08. The van der Waals surface area contributed by atoms with Gasteiger partial charge in [0.2, 0.25) is 5.91 Å². The molecule has 7 heteroatoms. The molecule has 144 valence electrons. The average Bonchev–Trinajstić information content (AvgIpc) is 2.64. The molecule has 1 N–H and O–H groups in total. The van der Waals surface area contributed by atoms with Crippen molar-refractivity contribution >= 4 is 27.5 Å². The molecule has 1 aliphatic rings. The van der Waals surface area contributed by atoms with Gasteiger partial charge >= 0.3 is 0 Å². The lowest BCUT2D eigenvalue weighted by atomic mass is 10.2. The number of rotatable bonds is 7. The minimum Gasteiger partial charge on any atom is -0.492 e. The van der Waals surface area contributed by atoms with Gasteiger partial charge in [-0.05, 0) is 41.5 Å². The van der Waals surface area contributed by atoms with Crippen molar-refractivity contribution in [2.45, 2.75) is 6.92 Å². The Balaban J connectivity index is 1.48. The van der Waals surface area contributed by atoms with Gasteiger partial charge in [-0.25, -0.2) is 0 Å². The van der Waals surface area contributed by atoms with Gasteiger partial charge in [0.25, 0.3) is 0 Å². The highest BCUT2D eigenvalue weighted by molar-refractivity contribution is 9.10. The average molecular weight is 435 g/mol. The number of para-hydroxylation sites is 1. The smallest absolute Gasteiger partial charge is 0.238 e. The summed E-state index contributed by atoms with van der Waals surface area (Å²) in [4.78, 5) is 14.3. The second kappa shape index (κ2) is 9.10. The molecule has 3 rings (SSSR count). The Morgan fingerprint density at radius 1 is 1.22 bits per heavy atom. The van der Waals surface area contributed by atoms with Crippen LogP contribution in [0.4, 0.5) is 5.69 Å². The van der Waals surface area contributed by atoms with E-state index in [9.17, 15) is 4.79 Å². The molecule has 27 heavy (non-hydrogen) atoms. The van der Waals surface area contributed by atoms with Crippen LogP contribution in [0.3, 0.4) is 0 Å². The van der Waals surface area contributed by atoms with Crippen LogP contribution in [0.25, 0.3) is 0 Å². The Kier molecular flexibility index (Phi) is 6.58. The second-order valence-corrected chi connectivity index (χ2v) is 7.23. The summed E-state index contributed by atoms with van der Waals surface area (Å²) < 4.78 is 17.6. The van der Waals surface area contributed by atoms with Crippen LogP contribution in [-0.2, 0) is 4.79 Å². The fraction of sp³-hybridized carbons (Fsp3) is 0.350. The number of halogens is 1. The highest BCUT2D eigenvalue weighted by atomic mass is 79.9. The molecule has 0 bridgehead atoms. The van der Waals surface area contributed by atoms with E-state index < -0.39 is 0 Å². The van der Waals surface area contributed by atoms with Crippen LogP contribution in [0.5, 0.6) is 17.2 Å². The minimum absolute atomic E-state index is 0.106. The fourth-order valence-corrected chi connectivity index (χ4v) is 3.13. The van der Waals surface area contributed by atoms with Crippen molar-refractivity contribution in [3.63, 3.8) is 0 Å². The van der Waals surface area contributed by atoms with E-state index in [4.69, 9.17) is 14.2 Å². The summed E-state index contributed by atoms with van der Waals surface area (Å²) in [5, 5.41) is 2.90. The fourth-order valence-electron chi connectivity index (χ4n) is 2.70. The summed E-state index contributed by atoms with van der Waals surface area (Å²) in [6.07, 6.45) is 0. The normalized spacial score (nSPS) is 12.7. The third-order valence-corrected chi connectivity index (χ3v) is 4.80. The van der Waals surface area contributed by atoms with Gasteiger partial charge < -0.3 is 19.5 Å². The first kappa shape index (κ1) is 19.5. The summed E-state index contributed by atoms with van der Waals surface area (Å²) in [6.45, 7) is 4.47. The molecule has 0 fully saturated rings.